The summed E-state index contributed by atoms with van der Waals surface area (Å²) in [5.74, 6) is -1.09. The lowest BCUT2D eigenvalue weighted by Crippen LogP contribution is -2.50. The number of nitrogens with zero attached hydrogens (tertiary/aromatic N) is 1. The molecule has 0 radical (unpaired) electrons. The minimum absolute atomic E-state index is 0.0394. The van der Waals surface area contributed by atoms with Crippen LogP contribution in [0.1, 0.15) is 90.7 Å². The summed E-state index contributed by atoms with van der Waals surface area (Å²) >= 11 is 0. The van der Waals surface area contributed by atoms with Crippen molar-refractivity contribution in [3.05, 3.63) is 71.8 Å². The molecule has 286 valence electrons. The monoisotopic (exact) mass is 717 g/mol. The van der Waals surface area contributed by atoms with Crippen LogP contribution in [-0.4, -0.2) is 84.4 Å². The number of hydrogen-bond donors (Lipinski definition) is 3. The number of aliphatic hydroxyl groups excluding tert-OH is 1. The van der Waals surface area contributed by atoms with Crippen molar-refractivity contribution < 1.29 is 29.0 Å². The molecule has 5 atom stereocenters. The number of Topliss-reactive ketones (excluding diaryl/α,β-unsaturated/α-hetero) is 3. The van der Waals surface area contributed by atoms with Gasteiger partial charge in [-0.3, -0.25) is 29.4 Å². The lowest BCUT2D eigenvalue weighted by Gasteiger charge is -2.31. The summed E-state index contributed by atoms with van der Waals surface area (Å²) in [6, 6.07) is 18.4. The number of aryl methyl sites for hydroxylation is 1. The quantitative estimate of drug-likeness (QED) is 0.128. The standard InChI is InChI=1S/C43H63N3O6/c1-30(2)24-37(44-41(50)34(17-16-32-12-8-6-9-13-32)27-36(47)29-46-20-22-52-23-21-46)39(48)28-35(26-33-14-10-7-11-15-33)42(51)45-38(25-31(3)4)40(49)43(5)18-19-43/h6-15,30-31,34-35,37-38,41,44,50H,16-29H2,1-5H3,(H,45,51)/t34-,35-,37+,38+,41?/m1/s1. The summed E-state index contributed by atoms with van der Waals surface area (Å²) < 4.78 is 5.45. The topological polar surface area (TPSA) is 125 Å². The Kier molecular flexibility index (Phi) is 16.2. The Morgan fingerprint density at radius 3 is 1.98 bits per heavy atom. The molecule has 1 saturated carbocycles. The molecule has 2 aliphatic rings. The van der Waals surface area contributed by atoms with Gasteiger partial charge >= 0.3 is 0 Å². The molecule has 1 saturated heterocycles. The van der Waals surface area contributed by atoms with Crippen LogP contribution in [0.25, 0.3) is 0 Å². The number of carbonyl (C=O) groups is 4. The average Bonchev–Trinajstić information content (AvgIpc) is 3.87. The van der Waals surface area contributed by atoms with Crippen molar-refractivity contribution in [3.63, 3.8) is 0 Å². The first kappa shape index (κ1) is 41.5. The number of ether oxygens (including phenoxy) is 1. The van der Waals surface area contributed by atoms with Gasteiger partial charge in [0.25, 0.3) is 0 Å². The van der Waals surface area contributed by atoms with E-state index in [1.807, 2.05) is 95.3 Å². The van der Waals surface area contributed by atoms with E-state index in [0.717, 1.165) is 24.0 Å². The molecule has 1 amide bonds. The van der Waals surface area contributed by atoms with Crippen molar-refractivity contribution in [2.24, 2.45) is 29.1 Å². The van der Waals surface area contributed by atoms with Crippen molar-refractivity contribution in [1.29, 1.82) is 0 Å². The van der Waals surface area contributed by atoms with Crippen LogP contribution in [0.15, 0.2) is 60.7 Å². The van der Waals surface area contributed by atoms with E-state index in [1.54, 1.807) is 0 Å². The summed E-state index contributed by atoms with van der Waals surface area (Å²) in [4.78, 5) is 57.3. The van der Waals surface area contributed by atoms with Gasteiger partial charge in [-0.15, -0.1) is 0 Å². The molecular formula is C43H63N3O6. The zero-order valence-electron chi connectivity index (χ0n) is 32.2. The average molecular weight is 718 g/mol. The Morgan fingerprint density at radius 2 is 1.40 bits per heavy atom. The van der Waals surface area contributed by atoms with Gasteiger partial charge in [-0.25, -0.2) is 0 Å². The fourth-order valence-corrected chi connectivity index (χ4v) is 7.23. The largest absolute Gasteiger partial charge is 0.379 e. The first-order valence-electron chi connectivity index (χ1n) is 19.5. The number of morpholine rings is 1. The number of benzene rings is 2. The van der Waals surface area contributed by atoms with Crippen molar-refractivity contribution >= 4 is 23.3 Å². The molecule has 1 aliphatic carbocycles. The van der Waals surface area contributed by atoms with Gasteiger partial charge in [-0.2, -0.15) is 0 Å². The SMILES string of the molecule is CC(C)C[C@H](NC(O)[C@H](CCc1ccccc1)CC(=O)CN1CCOCC1)C(=O)C[C@@H](Cc1ccccc1)C(=O)N[C@@H](CC(C)C)C(=O)C1(C)CC1. The minimum Gasteiger partial charge on any atom is -0.379 e. The number of aliphatic hydroxyl groups is 1. The number of amides is 1. The van der Waals surface area contributed by atoms with Gasteiger partial charge in [0.1, 0.15) is 12.0 Å². The highest BCUT2D eigenvalue weighted by Gasteiger charge is 2.48. The van der Waals surface area contributed by atoms with E-state index in [1.165, 1.54) is 0 Å². The number of rotatable bonds is 23. The van der Waals surface area contributed by atoms with E-state index in [4.69, 9.17) is 4.74 Å². The summed E-state index contributed by atoms with van der Waals surface area (Å²) in [6.45, 7) is 13.0. The van der Waals surface area contributed by atoms with Gasteiger partial charge in [0.15, 0.2) is 11.6 Å². The van der Waals surface area contributed by atoms with E-state index in [0.29, 0.717) is 65.0 Å². The second-order valence-corrected chi connectivity index (χ2v) is 16.4. The third-order valence-electron chi connectivity index (χ3n) is 10.6. The Labute approximate surface area is 311 Å². The third kappa shape index (κ3) is 13.6. The number of carbonyl (C=O) groups excluding carboxylic acids is 4. The molecule has 1 unspecified atom stereocenters. The van der Waals surface area contributed by atoms with Crippen molar-refractivity contribution in [2.45, 2.75) is 111 Å². The predicted molar refractivity (Wildman–Crippen MR) is 205 cm³/mol. The third-order valence-corrected chi connectivity index (χ3v) is 10.6. The molecule has 9 heteroatoms. The highest BCUT2D eigenvalue weighted by molar-refractivity contribution is 5.96. The summed E-state index contributed by atoms with van der Waals surface area (Å²) in [6.07, 6.45) is 3.33. The Bertz CT molecular complexity index is 1420. The highest BCUT2D eigenvalue weighted by Crippen LogP contribution is 2.47. The van der Waals surface area contributed by atoms with Crippen LogP contribution in [0.4, 0.5) is 0 Å². The first-order chi connectivity index (χ1) is 24.8. The molecule has 2 aromatic carbocycles. The fraction of sp³-hybridized carbons (Fsp3) is 0.628. The maximum atomic E-state index is 14.3. The molecule has 52 heavy (non-hydrogen) atoms. The summed E-state index contributed by atoms with van der Waals surface area (Å²) in [5.41, 5.74) is 1.67. The van der Waals surface area contributed by atoms with Crippen molar-refractivity contribution in [2.75, 3.05) is 32.8 Å². The summed E-state index contributed by atoms with van der Waals surface area (Å²) in [5, 5.41) is 18.1. The van der Waals surface area contributed by atoms with Gasteiger partial charge in [0.2, 0.25) is 5.91 Å². The zero-order chi connectivity index (χ0) is 37.7. The van der Waals surface area contributed by atoms with Crippen LogP contribution >= 0.6 is 0 Å². The Morgan fingerprint density at radius 1 is 0.827 bits per heavy atom. The van der Waals surface area contributed by atoms with Crippen LogP contribution in [-0.2, 0) is 36.8 Å². The molecule has 3 N–H and O–H groups in total. The minimum atomic E-state index is -1.10. The van der Waals surface area contributed by atoms with Gasteiger partial charge in [-0.1, -0.05) is 95.3 Å². The Hall–Kier alpha value is -3.24. The van der Waals surface area contributed by atoms with Crippen LogP contribution in [0.5, 0.6) is 0 Å². The van der Waals surface area contributed by atoms with Crippen LogP contribution in [0.3, 0.4) is 0 Å². The molecule has 0 bridgehead atoms. The van der Waals surface area contributed by atoms with Crippen LogP contribution in [0, 0.1) is 29.1 Å². The van der Waals surface area contributed by atoms with Gasteiger partial charge in [0.05, 0.1) is 31.8 Å². The lowest BCUT2D eigenvalue weighted by atomic mass is 9.86. The molecule has 4 rings (SSSR count). The van der Waals surface area contributed by atoms with E-state index in [2.05, 4.69) is 15.5 Å². The molecule has 2 aromatic rings. The molecule has 1 aliphatic heterocycles. The van der Waals surface area contributed by atoms with E-state index in [-0.39, 0.29) is 53.3 Å². The molecule has 0 aromatic heterocycles. The van der Waals surface area contributed by atoms with Crippen LogP contribution < -0.4 is 10.6 Å². The number of nitrogens with one attached hydrogen (secondary N) is 2. The van der Waals surface area contributed by atoms with Gasteiger partial charge < -0.3 is 15.2 Å². The Balaban J connectivity index is 1.51. The van der Waals surface area contributed by atoms with Crippen LogP contribution in [0.2, 0.25) is 0 Å². The number of ketones is 3. The molecule has 0 spiro atoms. The van der Waals surface area contributed by atoms with E-state index >= 15 is 0 Å². The maximum absolute atomic E-state index is 14.3. The smallest absolute Gasteiger partial charge is 0.224 e. The maximum Gasteiger partial charge on any atom is 0.224 e. The second kappa shape index (κ2) is 20.3. The van der Waals surface area contributed by atoms with E-state index in [9.17, 15) is 24.3 Å². The van der Waals surface area contributed by atoms with Crippen molar-refractivity contribution in [3.8, 4) is 0 Å². The highest BCUT2D eigenvalue weighted by atomic mass is 16.5. The number of hydrogen-bond acceptors (Lipinski definition) is 8. The molecular weight excluding hydrogens is 654 g/mol. The van der Waals surface area contributed by atoms with Gasteiger partial charge in [-0.05, 0) is 67.9 Å². The van der Waals surface area contributed by atoms with E-state index < -0.39 is 30.1 Å². The molecule has 2 fully saturated rings. The van der Waals surface area contributed by atoms with Crippen molar-refractivity contribution in [1.82, 2.24) is 15.5 Å². The molecule has 9 nitrogen and oxygen atoms in total. The summed E-state index contributed by atoms with van der Waals surface area (Å²) in [7, 11) is 0. The fourth-order valence-electron chi connectivity index (χ4n) is 7.23. The zero-order valence-corrected chi connectivity index (χ0v) is 32.2. The molecule has 1 heterocycles. The first-order valence-corrected chi connectivity index (χ1v) is 19.5. The lowest BCUT2D eigenvalue weighted by molar-refractivity contribution is -0.134. The second-order valence-electron chi connectivity index (χ2n) is 16.4. The normalized spacial score (nSPS) is 18.7. The predicted octanol–water partition coefficient (Wildman–Crippen LogP) is 5.57. The van der Waals surface area contributed by atoms with Gasteiger partial charge in [0, 0.05) is 43.2 Å².